The largest absolute Gasteiger partial charge is 0.328 e. The fourth-order valence-electron chi connectivity index (χ4n) is 2.69. The molecule has 1 saturated heterocycles. The molecule has 0 aromatic carbocycles. The summed E-state index contributed by atoms with van der Waals surface area (Å²) in [6.45, 7) is 2.48. The molecule has 0 radical (unpaired) electrons. The van der Waals surface area contributed by atoms with Crippen LogP contribution in [0.15, 0.2) is 0 Å². The van der Waals surface area contributed by atoms with Crippen LogP contribution in [0.1, 0.15) is 32.1 Å². The maximum absolute atomic E-state index is 5.89. The summed E-state index contributed by atoms with van der Waals surface area (Å²) >= 11 is 0. The van der Waals surface area contributed by atoms with Crippen molar-refractivity contribution in [3.63, 3.8) is 0 Å². The molecule has 1 unspecified atom stereocenters. The number of likely N-dealkylation sites (N-methyl/N-ethyl adjacent to an activating group) is 1. The summed E-state index contributed by atoms with van der Waals surface area (Å²) in [5.74, 6) is 0. The standard InChI is InChI=1S/C11H23N3/c1-14-7-6-11(8-14)13-10-4-2-9(12)3-5-10/h9-11,13H,2-8,12H2,1H3. The highest BCUT2D eigenvalue weighted by Crippen LogP contribution is 2.18. The minimum absolute atomic E-state index is 0.472. The summed E-state index contributed by atoms with van der Waals surface area (Å²) in [4.78, 5) is 2.41. The minimum atomic E-state index is 0.472. The lowest BCUT2D eigenvalue weighted by atomic mass is 9.91. The van der Waals surface area contributed by atoms with Crippen LogP contribution in [0.5, 0.6) is 0 Å². The number of rotatable bonds is 2. The molecule has 0 spiro atoms. The number of nitrogens with two attached hydrogens (primary N) is 1. The van der Waals surface area contributed by atoms with E-state index in [9.17, 15) is 0 Å². The molecule has 1 saturated carbocycles. The molecule has 2 aliphatic rings. The van der Waals surface area contributed by atoms with Gasteiger partial charge in [-0.3, -0.25) is 0 Å². The molecule has 3 N–H and O–H groups in total. The van der Waals surface area contributed by atoms with Gasteiger partial charge in [-0.1, -0.05) is 0 Å². The number of hydrogen-bond acceptors (Lipinski definition) is 3. The summed E-state index contributed by atoms with van der Waals surface area (Å²) in [7, 11) is 2.21. The first kappa shape index (κ1) is 10.4. The van der Waals surface area contributed by atoms with Gasteiger partial charge >= 0.3 is 0 Å². The van der Waals surface area contributed by atoms with Crippen LogP contribution >= 0.6 is 0 Å². The van der Waals surface area contributed by atoms with Gasteiger partial charge in [-0.2, -0.15) is 0 Å². The van der Waals surface area contributed by atoms with E-state index >= 15 is 0 Å². The van der Waals surface area contributed by atoms with Gasteiger partial charge in [0, 0.05) is 24.7 Å². The Bertz CT molecular complexity index is 175. The van der Waals surface area contributed by atoms with Crippen LogP contribution in [0.25, 0.3) is 0 Å². The molecule has 2 rings (SSSR count). The SMILES string of the molecule is CN1CCC(NC2CCC(N)CC2)C1. The van der Waals surface area contributed by atoms with Crippen molar-refractivity contribution in [1.82, 2.24) is 10.2 Å². The molecule has 1 aliphatic carbocycles. The van der Waals surface area contributed by atoms with E-state index in [1.165, 1.54) is 45.2 Å². The zero-order chi connectivity index (χ0) is 9.97. The molecule has 3 heteroatoms. The van der Waals surface area contributed by atoms with E-state index in [-0.39, 0.29) is 0 Å². The average Bonchev–Trinajstić information content (AvgIpc) is 2.56. The van der Waals surface area contributed by atoms with Crippen LogP contribution in [0, 0.1) is 0 Å². The molecule has 1 atom stereocenters. The Morgan fingerprint density at radius 3 is 2.36 bits per heavy atom. The molecule has 0 aromatic rings. The Labute approximate surface area is 87.0 Å². The predicted octanol–water partition coefficient (Wildman–Crippen LogP) is 0.550. The van der Waals surface area contributed by atoms with Crippen LogP contribution < -0.4 is 11.1 Å². The quantitative estimate of drug-likeness (QED) is 0.679. The fourth-order valence-corrected chi connectivity index (χ4v) is 2.69. The van der Waals surface area contributed by atoms with Gasteiger partial charge in [-0.15, -0.1) is 0 Å². The maximum atomic E-state index is 5.89. The van der Waals surface area contributed by atoms with Crippen molar-refractivity contribution in [2.75, 3.05) is 20.1 Å². The lowest BCUT2D eigenvalue weighted by Gasteiger charge is -2.29. The van der Waals surface area contributed by atoms with Crippen molar-refractivity contribution in [2.24, 2.45) is 5.73 Å². The molecule has 1 heterocycles. The second kappa shape index (κ2) is 4.60. The fraction of sp³-hybridized carbons (Fsp3) is 1.00. The summed E-state index contributed by atoms with van der Waals surface area (Å²) in [5.41, 5.74) is 5.89. The molecule has 1 aliphatic heterocycles. The van der Waals surface area contributed by atoms with E-state index in [4.69, 9.17) is 5.73 Å². The van der Waals surface area contributed by atoms with E-state index in [2.05, 4.69) is 17.3 Å². The molecule has 3 nitrogen and oxygen atoms in total. The highest BCUT2D eigenvalue weighted by molar-refractivity contribution is 4.85. The van der Waals surface area contributed by atoms with Crippen molar-refractivity contribution < 1.29 is 0 Å². The van der Waals surface area contributed by atoms with Gasteiger partial charge in [-0.05, 0) is 45.7 Å². The van der Waals surface area contributed by atoms with E-state index in [1.807, 2.05) is 0 Å². The summed E-state index contributed by atoms with van der Waals surface area (Å²) in [6, 6.07) is 1.95. The first-order chi connectivity index (χ1) is 6.74. The van der Waals surface area contributed by atoms with Gasteiger partial charge in [0.1, 0.15) is 0 Å². The van der Waals surface area contributed by atoms with Crippen molar-refractivity contribution in [3.8, 4) is 0 Å². The normalized spacial score (nSPS) is 40.3. The van der Waals surface area contributed by atoms with Gasteiger partial charge in [-0.25, -0.2) is 0 Å². The first-order valence-electron chi connectivity index (χ1n) is 5.94. The Morgan fingerprint density at radius 1 is 1.07 bits per heavy atom. The molecular formula is C11H23N3. The van der Waals surface area contributed by atoms with Gasteiger partial charge in [0.05, 0.1) is 0 Å². The summed E-state index contributed by atoms with van der Waals surface area (Å²) < 4.78 is 0. The molecular weight excluding hydrogens is 174 g/mol. The number of hydrogen-bond donors (Lipinski definition) is 2. The van der Waals surface area contributed by atoms with E-state index in [1.54, 1.807) is 0 Å². The molecule has 0 amide bonds. The Kier molecular flexibility index (Phi) is 3.42. The first-order valence-corrected chi connectivity index (χ1v) is 5.94. The van der Waals surface area contributed by atoms with Crippen molar-refractivity contribution in [1.29, 1.82) is 0 Å². The third kappa shape index (κ3) is 2.69. The van der Waals surface area contributed by atoms with E-state index < -0.39 is 0 Å². The van der Waals surface area contributed by atoms with Gasteiger partial charge in [0.25, 0.3) is 0 Å². The second-order valence-electron chi connectivity index (χ2n) is 5.03. The monoisotopic (exact) mass is 197 g/mol. The lowest BCUT2D eigenvalue weighted by Crippen LogP contribution is -2.43. The van der Waals surface area contributed by atoms with Crippen molar-refractivity contribution >= 4 is 0 Å². The minimum Gasteiger partial charge on any atom is -0.328 e. The third-order valence-electron chi connectivity index (χ3n) is 3.63. The Balaban J connectivity index is 1.70. The van der Waals surface area contributed by atoms with Crippen LogP contribution in [-0.2, 0) is 0 Å². The molecule has 82 valence electrons. The maximum Gasteiger partial charge on any atom is 0.0209 e. The van der Waals surface area contributed by atoms with Gasteiger partial charge < -0.3 is 16.0 Å². The van der Waals surface area contributed by atoms with E-state index in [0.717, 1.165) is 12.1 Å². The topological polar surface area (TPSA) is 41.3 Å². The number of nitrogens with zero attached hydrogens (tertiary/aromatic N) is 1. The molecule has 14 heavy (non-hydrogen) atoms. The molecule has 2 fully saturated rings. The second-order valence-corrected chi connectivity index (χ2v) is 5.03. The highest BCUT2D eigenvalue weighted by atomic mass is 15.2. The highest BCUT2D eigenvalue weighted by Gasteiger charge is 2.24. The molecule has 0 aromatic heterocycles. The van der Waals surface area contributed by atoms with Crippen molar-refractivity contribution in [2.45, 2.75) is 50.2 Å². The lowest BCUT2D eigenvalue weighted by molar-refractivity contribution is 0.309. The van der Waals surface area contributed by atoms with Crippen LogP contribution in [0.4, 0.5) is 0 Å². The summed E-state index contributed by atoms with van der Waals surface area (Å²) in [6.07, 6.45) is 6.29. The average molecular weight is 197 g/mol. The Hall–Kier alpha value is -0.120. The zero-order valence-electron chi connectivity index (χ0n) is 9.21. The van der Waals surface area contributed by atoms with Crippen LogP contribution in [-0.4, -0.2) is 43.2 Å². The number of nitrogens with one attached hydrogen (secondary N) is 1. The van der Waals surface area contributed by atoms with Gasteiger partial charge in [0.2, 0.25) is 0 Å². The van der Waals surface area contributed by atoms with Crippen LogP contribution in [0.2, 0.25) is 0 Å². The zero-order valence-corrected chi connectivity index (χ0v) is 9.21. The predicted molar refractivity (Wildman–Crippen MR) is 59.3 cm³/mol. The van der Waals surface area contributed by atoms with Gasteiger partial charge in [0.15, 0.2) is 0 Å². The smallest absolute Gasteiger partial charge is 0.0209 e. The third-order valence-corrected chi connectivity index (χ3v) is 3.63. The van der Waals surface area contributed by atoms with Crippen LogP contribution in [0.3, 0.4) is 0 Å². The Morgan fingerprint density at radius 2 is 1.79 bits per heavy atom. The van der Waals surface area contributed by atoms with E-state index in [0.29, 0.717) is 6.04 Å². The number of likely N-dealkylation sites (tertiary alicyclic amines) is 1. The van der Waals surface area contributed by atoms with Crippen molar-refractivity contribution in [3.05, 3.63) is 0 Å². The summed E-state index contributed by atoms with van der Waals surface area (Å²) in [5, 5.41) is 3.77. The molecule has 0 bridgehead atoms.